The second-order valence-corrected chi connectivity index (χ2v) is 4.96. The largest absolute Gasteiger partial charge is 0.387 e. The zero-order valence-electron chi connectivity index (χ0n) is 11.4. The highest BCUT2D eigenvalue weighted by Crippen LogP contribution is 2.21. The molecule has 0 saturated heterocycles. The van der Waals surface area contributed by atoms with E-state index in [1.165, 1.54) is 12.1 Å². The molecule has 0 bridgehead atoms. The van der Waals surface area contributed by atoms with Crippen LogP contribution in [-0.4, -0.2) is 19.6 Å². The molecule has 0 saturated carbocycles. The first-order valence-corrected chi connectivity index (χ1v) is 6.42. The lowest BCUT2D eigenvalue weighted by atomic mass is 10.1. The number of nitrogens with zero attached hydrogens (tertiary/aromatic N) is 3. The van der Waals surface area contributed by atoms with Crippen molar-refractivity contribution >= 4 is 5.69 Å². The van der Waals surface area contributed by atoms with Gasteiger partial charge in [-0.2, -0.15) is 0 Å². The van der Waals surface area contributed by atoms with Crippen LogP contribution >= 0.6 is 0 Å². The van der Waals surface area contributed by atoms with Crippen molar-refractivity contribution in [1.29, 1.82) is 0 Å². The van der Waals surface area contributed by atoms with E-state index >= 15 is 0 Å². The Hall–Kier alpha value is -2.21. The van der Waals surface area contributed by atoms with Crippen LogP contribution in [0.2, 0.25) is 0 Å². The van der Waals surface area contributed by atoms with Gasteiger partial charge in [0.1, 0.15) is 5.82 Å². The Kier molecular flexibility index (Phi) is 4.14. The molecule has 0 amide bonds. The van der Waals surface area contributed by atoms with Gasteiger partial charge in [-0.3, -0.25) is 10.1 Å². The van der Waals surface area contributed by atoms with Crippen LogP contribution < -0.4 is 0 Å². The summed E-state index contributed by atoms with van der Waals surface area (Å²) in [6.07, 6.45) is 2.81. The molecule has 1 aromatic carbocycles. The summed E-state index contributed by atoms with van der Waals surface area (Å²) < 4.78 is 1.90. The number of hydrogen-bond acceptors (Lipinski definition) is 4. The lowest BCUT2D eigenvalue weighted by Crippen LogP contribution is -2.12. The smallest absolute Gasteiger partial charge is 0.269 e. The Balaban J connectivity index is 2.13. The van der Waals surface area contributed by atoms with E-state index < -0.39 is 11.0 Å². The summed E-state index contributed by atoms with van der Waals surface area (Å²) in [4.78, 5) is 14.4. The minimum atomic E-state index is -0.720. The van der Waals surface area contributed by atoms with Gasteiger partial charge < -0.3 is 9.67 Å². The minimum absolute atomic E-state index is 0.0199. The lowest BCUT2D eigenvalue weighted by Gasteiger charge is -2.15. The van der Waals surface area contributed by atoms with Gasteiger partial charge >= 0.3 is 0 Å². The van der Waals surface area contributed by atoms with Crippen molar-refractivity contribution in [3.63, 3.8) is 0 Å². The fourth-order valence-corrected chi connectivity index (χ4v) is 2.09. The Morgan fingerprint density at radius 1 is 1.35 bits per heavy atom. The van der Waals surface area contributed by atoms with Gasteiger partial charge in [-0.25, -0.2) is 4.98 Å². The van der Waals surface area contributed by atoms with Crippen molar-refractivity contribution in [2.24, 2.45) is 0 Å². The highest BCUT2D eigenvalue weighted by atomic mass is 16.6. The van der Waals surface area contributed by atoms with Crippen molar-refractivity contribution in [3.8, 4) is 0 Å². The normalized spacial score (nSPS) is 12.6. The number of benzene rings is 1. The van der Waals surface area contributed by atoms with Gasteiger partial charge in [0.25, 0.3) is 5.69 Å². The molecule has 6 nitrogen and oxygen atoms in total. The van der Waals surface area contributed by atoms with Crippen LogP contribution in [-0.2, 0) is 6.54 Å². The predicted octanol–water partition coefficient (Wildman–Crippen LogP) is 2.65. The Labute approximate surface area is 116 Å². The third-order valence-corrected chi connectivity index (χ3v) is 3.12. The SMILES string of the molecule is CC(C)c1nccn1C[C@@H](O)c1ccc([N+](=O)[O-])cc1. The first-order valence-electron chi connectivity index (χ1n) is 6.42. The van der Waals surface area contributed by atoms with E-state index in [1.807, 2.05) is 24.6 Å². The molecule has 1 aromatic heterocycles. The van der Waals surface area contributed by atoms with Crippen LogP contribution in [0, 0.1) is 10.1 Å². The standard InChI is InChI=1S/C14H17N3O3/c1-10(2)14-15-7-8-16(14)9-13(18)11-3-5-12(6-4-11)17(19)20/h3-8,10,13,18H,9H2,1-2H3/t13-/m1/s1. The quantitative estimate of drug-likeness (QED) is 0.671. The highest BCUT2D eigenvalue weighted by molar-refractivity contribution is 5.33. The third kappa shape index (κ3) is 3.03. The fraction of sp³-hybridized carbons (Fsp3) is 0.357. The van der Waals surface area contributed by atoms with E-state index in [-0.39, 0.29) is 11.6 Å². The van der Waals surface area contributed by atoms with Crippen LogP contribution in [0.5, 0.6) is 0 Å². The van der Waals surface area contributed by atoms with Crippen LogP contribution in [0.4, 0.5) is 5.69 Å². The molecule has 0 aliphatic heterocycles. The second kappa shape index (κ2) is 5.83. The maximum Gasteiger partial charge on any atom is 0.269 e. The van der Waals surface area contributed by atoms with Gasteiger partial charge in [0, 0.05) is 30.4 Å². The summed E-state index contributed by atoms with van der Waals surface area (Å²) in [6.45, 7) is 4.46. The number of non-ortho nitro benzene ring substituents is 1. The summed E-state index contributed by atoms with van der Waals surface area (Å²) in [5, 5.41) is 20.8. The first-order chi connectivity index (χ1) is 9.49. The Morgan fingerprint density at radius 2 is 2.00 bits per heavy atom. The van der Waals surface area contributed by atoms with Crippen LogP contribution in [0.25, 0.3) is 0 Å². The number of nitro benzene ring substituents is 1. The zero-order valence-corrected chi connectivity index (χ0v) is 11.4. The maximum atomic E-state index is 10.6. The van der Waals surface area contributed by atoms with Crippen molar-refractivity contribution in [3.05, 3.63) is 58.2 Å². The summed E-state index contributed by atoms with van der Waals surface area (Å²) in [5.41, 5.74) is 0.672. The molecule has 106 valence electrons. The molecular weight excluding hydrogens is 258 g/mol. The molecule has 0 unspecified atom stereocenters. The Morgan fingerprint density at radius 3 is 2.55 bits per heavy atom. The zero-order chi connectivity index (χ0) is 14.7. The number of aromatic nitrogens is 2. The van der Waals surface area contributed by atoms with E-state index in [1.54, 1.807) is 18.3 Å². The number of nitro groups is 1. The van der Waals surface area contributed by atoms with Gasteiger partial charge in [0.2, 0.25) is 0 Å². The molecule has 1 atom stereocenters. The lowest BCUT2D eigenvalue weighted by molar-refractivity contribution is -0.384. The van der Waals surface area contributed by atoms with Crippen molar-refractivity contribution < 1.29 is 10.0 Å². The summed E-state index contributed by atoms with van der Waals surface area (Å²) in [5.74, 6) is 1.18. The van der Waals surface area contributed by atoms with Gasteiger partial charge in [-0.15, -0.1) is 0 Å². The first kappa shape index (κ1) is 14.2. The van der Waals surface area contributed by atoms with Crippen molar-refractivity contribution in [1.82, 2.24) is 9.55 Å². The molecule has 1 N–H and O–H groups in total. The highest BCUT2D eigenvalue weighted by Gasteiger charge is 2.14. The number of imidazole rings is 1. The van der Waals surface area contributed by atoms with Crippen LogP contribution in [0.15, 0.2) is 36.7 Å². The predicted molar refractivity (Wildman–Crippen MR) is 74.4 cm³/mol. The second-order valence-electron chi connectivity index (χ2n) is 4.96. The van der Waals surface area contributed by atoms with Crippen LogP contribution in [0.3, 0.4) is 0 Å². The third-order valence-electron chi connectivity index (χ3n) is 3.12. The molecule has 2 aromatic rings. The average molecular weight is 275 g/mol. The van der Waals surface area contributed by atoms with E-state index in [0.29, 0.717) is 12.1 Å². The van der Waals surface area contributed by atoms with E-state index in [2.05, 4.69) is 4.98 Å². The minimum Gasteiger partial charge on any atom is -0.387 e. The molecule has 0 fully saturated rings. The molecule has 2 rings (SSSR count). The van der Waals surface area contributed by atoms with E-state index in [4.69, 9.17) is 0 Å². The fourth-order valence-electron chi connectivity index (χ4n) is 2.09. The van der Waals surface area contributed by atoms with E-state index in [9.17, 15) is 15.2 Å². The molecule has 6 heteroatoms. The molecular formula is C14H17N3O3. The molecule has 0 aliphatic carbocycles. The van der Waals surface area contributed by atoms with Gasteiger partial charge in [0.15, 0.2) is 0 Å². The van der Waals surface area contributed by atoms with E-state index in [0.717, 1.165) is 5.82 Å². The summed E-state index contributed by atoms with van der Waals surface area (Å²) >= 11 is 0. The topological polar surface area (TPSA) is 81.2 Å². The number of hydrogen-bond donors (Lipinski definition) is 1. The van der Waals surface area contributed by atoms with Crippen molar-refractivity contribution in [2.75, 3.05) is 0 Å². The molecule has 20 heavy (non-hydrogen) atoms. The number of rotatable bonds is 5. The van der Waals surface area contributed by atoms with Crippen molar-refractivity contribution in [2.45, 2.75) is 32.4 Å². The number of aliphatic hydroxyl groups is 1. The van der Waals surface area contributed by atoms with Gasteiger partial charge in [0.05, 0.1) is 17.6 Å². The molecule has 1 heterocycles. The number of aliphatic hydroxyl groups excluding tert-OH is 1. The summed E-state index contributed by atoms with van der Waals surface area (Å²) in [7, 11) is 0. The molecule has 0 radical (unpaired) electrons. The van der Waals surface area contributed by atoms with Gasteiger partial charge in [-0.05, 0) is 17.7 Å². The Bertz CT molecular complexity index is 590. The molecule has 0 spiro atoms. The van der Waals surface area contributed by atoms with Gasteiger partial charge in [-0.1, -0.05) is 13.8 Å². The summed E-state index contributed by atoms with van der Waals surface area (Å²) in [6, 6.07) is 5.95. The average Bonchev–Trinajstić information content (AvgIpc) is 2.87. The molecule has 0 aliphatic rings. The monoisotopic (exact) mass is 275 g/mol. The van der Waals surface area contributed by atoms with Crippen LogP contribution in [0.1, 0.15) is 37.3 Å². The maximum absolute atomic E-state index is 10.6.